The number of unbranched alkanes of at least 4 members (excludes halogenated alkanes) is 2. The van der Waals surface area contributed by atoms with Crippen LogP contribution in [-0.2, 0) is 10.8 Å². The normalized spacial score (nSPS) is 17.3. The molecular weight excluding hydrogens is 362 g/mol. The van der Waals surface area contributed by atoms with Crippen LogP contribution in [0.4, 0.5) is 5.69 Å². The Morgan fingerprint density at radius 2 is 1.33 bits per heavy atom. The molecule has 0 radical (unpaired) electrons. The van der Waals surface area contributed by atoms with Crippen LogP contribution in [0.2, 0.25) is 0 Å². The fourth-order valence-corrected chi connectivity index (χ4v) is 4.55. The SMILES string of the molecule is CCCCC1=CC(C)c2c(C(C)(C)CC)ccc(C(C)(C)CC)c2N=C1CCCC. The average molecular weight is 410 g/mol. The van der Waals surface area contributed by atoms with E-state index in [2.05, 4.69) is 80.5 Å². The molecule has 1 atom stereocenters. The lowest BCUT2D eigenvalue weighted by molar-refractivity contribution is 0.491. The summed E-state index contributed by atoms with van der Waals surface area (Å²) < 4.78 is 0. The maximum absolute atomic E-state index is 5.53. The van der Waals surface area contributed by atoms with Gasteiger partial charge in [-0.1, -0.05) is 93.4 Å². The third kappa shape index (κ3) is 5.27. The van der Waals surface area contributed by atoms with Gasteiger partial charge < -0.3 is 0 Å². The largest absolute Gasteiger partial charge is 0.253 e. The molecule has 1 nitrogen and oxygen atoms in total. The quantitative estimate of drug-likeness (QED) is 0.365. The minimum Gasteiger partial charge on any atom is -0.253 e. The molecule has 1 unspecified atom stereocenters. The van der Waals surface area contributed by atoms with E-state index < -0.39 is 0 Å². The summed E-state index contributed by atoms with van der Waals surface area (Å²) in [6.07, 6.45) is 12.0. The molecule has 0 aliphatic carbocycles. The van der Waals surface area contributed by atoms with Gasteiger partial charge in [-0.05, 0) is 71.6 Å². The number of nitrogens with zero attached hydrogens (tertiary/aromatic N) is 1. The third-order valence-electron chi connectivity index (χ3n) is 7.53. The minimum atomic E-state index is 0.131. The monoisotopic (exact) mass is 409 g/mol. The van der Waals surface area contributed by atoms with Crippen molar-refractivity contribution < 1.29 is 0 Å². The van der Waals surface area contributed by atoms with Crippen LogP contribution >= 0.6 is 0 Å². The Morgan fingerprint density at radius 1 is 0.800 bits per heavy atom. The summed E-state index contributed by atoms with van der Waals surface area (Å²) in [5, 5.41) is 0. The molecule has 1 heterocycles. The molecule has 1 aliphatic rings. The van der Waals surface area contributed by atoms with E-state index in [1.807, 2.05) is 0 Å². The molecule has 30 heavy (non-hydrogen) atoms. The van der Waals surface area contributed by atoms with Gasteiger partial charge in [0.2, 0.25) is 0 Å². The van der Waals surface area contributed by atoms with Crippen LogP contribution in [0, 0.1) is 0 Å². The van der Waals surface area contributed by atoms with Crippen molar-refractivity contribution in [3.05, 3.63) is 40.5 Å². The van der Waals surface area contributed by atoms with Gasteiger partial charge in [-0.3, -0.25) is 4.99 Å². The molecule has 2 rings (SSSR count). The third-order valence-corrected chi connectivity index (χ3v) is 7.53. The number of aliphatic imine (C=N–C) groups is 1. The zero-order chi connectivity index (χ0) is 22.5. The summed E-state index contributed by atoms with van der Waals surface area (Å²) in [5.41, 5.74) is 8.87. The molecule has 0 N–H and O–H groups in total. The molecule has 0 spiro atoms. The van der Waals surface area contributed by atoms with Crippen molar-refractivity contribution in [3.63, 3.8) is 0 Å². The average Bonchev–Trinajstić information content (AvgIpc) is 2.86. The maximum Gasteiger partial charge on any atom is 0.0711 e. The molecule has 1 aromatic rings. The van der Waals surface area contributed by atoms with E-state index in [9.17, 15) is 0 Å². The highest BCUT2D eigenvalue weighted by molar-refractivity contribution is 6.03. The lowest BCUT2D eigenvalue weighted by Crippen LogP contribution is -2.22. The summed E-state index contributed by atoms with van der Waals surface area (Å²) in [7, 11) is 0. The first-order valence-corrected chi connectivity index (χ1v) is 12.6. The second-order valence-electron chi connectivity index (χ2n) is 10.6. The van der Waals surface area contributed by atoms with Gasteiger partial charge in [-0.2, -0.15) is 0 Å². The van der Waals surface area contributed by atoms with Crippen LogP contribution in [0.5, 0.6) is 0 Å². The van der Waals surface area contributed by atoms with E-state index in [4.69, 9.17) is 4.99 Å². The lowest BCUT2D eigenvalue weighted by Gasteiger charge is -2.33. The molecule has 0 amide bonds. The van der Waals surface area contributed by atoms with E-state index in [1.54, 1.807) is 0 Å². The second-order valence-corrected chi connectivity index (χ2v) is 10.6. The van der Waals surface area contributed by atoms with Crippen molar-refractivity contribution in [3.8, 4) is 0 Å². The number of benzene rings is 1. The number of fused-ring (bicyclic) bond motifs is 1. The van der Waals surface area contributed by atoms with Gasteiger partial charge in [0.1, 0.15) is 0 Å². The van der Waals surface area contributed by atoms with Crippen molar-refractivity contribution >= 4 is 11.4 Å². The van der Waals surface area contributed by atoms with E-state index >= 15 is 0 Å². The van der Waals surface area contributed by atoms with Gasteiger partial charge in [0.25, 0.3) is 0 Å². The van der Waals surface area contributed by atoms with Gasteiger partial charge in [0, 0.05) is 11.6 Å². The van der Waals surface area contributed by atoms with Gasteiger partial charge in [0.05, 0.1) is 5.69 Å². The van der Waals surface area contributed by atoms with Crippen molar-refractivity contribution in [2.24, 2.45) is 4.99 Å². The van der Waals surface area contributed by atoms with Crippen LogP contribution in [0.1, 0.15) is 136 Å². The predicted octanol–water partition coefficient (Wildman–Crippen LogP) is 9.56. The van der Waals surface area contributed by atoms with Crippen LogP contribution in [0.3, 0.4) is 0 Å². The first kappa shape index (κ1) is 24.9. The van der Waals surface area contributed by atoms with Gasteiger partial charge >= 0.3 is 0 Å². The summed E-state index contributed by atoms with van der Waals surface area (Å²) >= 11 is 0. The van der Waals surface area contributed by atoms with Gasteiger partial charge in [-0.25, -0.2) is 0 Å². The van der Waals surface area contributed by atoms with Crippen molar-refractivity contribution in [1.82, 2.24) is 0 Å². The van der Waals surface area contributed by atoms with E-state index in [0.717, 1.165) is 25.7 Å². The van der Waals surface area contributed by atoms with Crippen molar-refractivity contribution in [1.29, 1.82) is 0 Å². The van der Waals surface area contributed by atoms with E-state index in [0.29, 0.717) is 5.92 Å². The summed E-state index contributed by atoms with van der Waals surface area (Å²) in [5.74, 6) is 0.406. The highest BCUT2D eigenvalue weighted by Crippen LogP contribution is 2.47. The highest BCUT2D eigenvalue weighted by atomic mass is 14.8. The second kappa shape index (κ2) is 10.3. The molecular formula is C29H47N. The molecule has 1 aliphatic heterocycles. The standard InChI is InChI=1S/C29H47N/c1-10-14-16-22-20-21(5)26-23(28(6,7)12-3)18-19-24(29(8,9)13-4)27(26)30-25(22)17-15-11-2/h18-21H,10-17H2,1-9H3. The predicted molar refractivity (Wildman–Crippen MR) is 136 cm³/mol. The minimum absolute atomic E-state index is 0.131. The number of hydrogen-bond donors (Lipinski definition) is 0. The smallest absolute Gasteiger partial charge is 0.0711 e. The molecule has 1 aromatic carbocycles. The molecule has 0 saturated carbocycles. The fourth-order valence-electron chi connectivity index (χ4n) is 4.55. The van der Waals surface area contributed by atoms with Crippen LogP contribution in [0.25, 0.3) is 0 Å². The Labute approximate surface area is 187 Å². The highest BCUT2D eigenvalue weighted by Gasteiger charge is 2.32. The Kier molecular flexibility index (Phi) is 8.54. The Morgan fingerprint density at radius 3 is 1.90 bits per heavy atom. The lowest BCUT2D eigenvalue weighted by atomic mass is 9.72. The maximum atomic E-state index is 5.53. The van der Waals surface area contributed by atoms with Crippen LogP contribution < -0.4 is 0 Å². The summed E-state index contributed by atoms with van der Waals surface area (Å²) in [6, 6.07) is 4.83. The summed E-state index contributed by atoms with van der Waals surface area (Å²) in [6.45, 7) is 21.2. The number of rotatable bonds is 10. The topological polar surface area (TPSA) is 12.4 Å². The molecule has 0 bridgehead atoms. The first-order valence-electron chi connectivity index (χ1n) is 12.6. The van der Waals surface area contributed by atoms with Crippen molar-refractivity contribution in [2.75, 3.05) is 0 Å². The van der Waals surface area contributed by atoms with Crippen LogP contribution in [0.15, 0.2) is 28.8 Å². The van der Waals surface area contributed by atoms with Crippen LogP contribution in [-0.4, -0.2) is 5.71 Å². The molecule has 0 aromatic heterocycles. The van der Waals surface area contributed by atoms with Gasteiger partial charge in [0.15, 0.2) is 0 Å². The molecule has 168 valence electrons. The molecule has 0 fully saturated rings. The first-order chi connectivity index (χ1) is 14.1. The fraction of sp³-hybridized carbons (Fsp3) is 0.690. The molecule has 0 saturated heterocycles. The van der Waals surface area contributed by atoms with E-state index in [-0.39, 0.29) is 10.8 Å². The van der Waals surface area contributed by atoms with Crippen molar-refractivity contribution in [2.45, 2.75) is 130 Å². The molecule has 1 heteroatoms. The Bertz CT molecular complexity index is 776. The number of hydrogen-bond acceptors (Lipinski definition) is 1. The van der Waals surface area contributed by atoms with E-state index in [1.165, 1.54) is 59.3 Å². The Balaban J connectivity index is 2.83. The number of allylic oxidation sites excluding steroid dienone is 2. The Hall–Kier alpha value is -1.37. The van der Waals surface area contributed by atoms with Gasteiger partial charge in [-0.15, -0.1) is 0 Å². The summed E-state index contributed by atoms with van der Waals surface area (Å²) in [4.78, 5) is 5.53. The zero-order valence-corrected chi connectivity index (χ0v) is 21.4. The zero-order valence-electron chi connectivity index (χ0n) is 21.4.